The van der Waals surface area contributed by atoms with Crippen molar-refractivity contribution in [3.05, 3.63) is 23.8 Å². The van der Waals surface area contributed by atoms with Gasteiger partial charge < -0.3 is 20.0 Å². The fourth-order valence-electron chi connectivity index (χ4n) is 2.30. The second kappa shape index (κ2) is 7.78. The molecule has 24 heavy (non-hydrogen) atoms. The quantitative estimate of drug-likeness (QED) is 0.419. The zero-order valence-corrected chi connectivity index (χ0v) is 13.8. The molecule has 1 saturated heterocycles. The molecule has 0 spiro atoms. The minimum absolute atomic E-state index is 0.0131. The molecule has 8 nitrogen and oxygen atoms in total. The van der Waals surface area contributed by atoms with Crippen LogP contribution in [0.2, 0.25) is 0 Å². The molecule has 1 aliphatic rings. The van der Waals surface area contributed by atoms with Crippen molar-refractivity contribution in [1.29, 1.82) is 0 Å². The van der Waals surface area contributed by atoms with Gasteiger partial charge in [0.15, 0.2) is 11.5 Å². The molecule has 0 aliphatic carbocycles. The van der Waals surface area contributed by atoms with Crippen LogP contribution in [0.4, 0.5) is 0 Å². The van der Waals surface area contributed by atoms with Crippen molar-refractivity contribution in [1.82, 2.24) is 15.2 Å². The summed E-state index contributed by atoms with van der Waals surface area (Å²) in [7, 11) is 2.02. The lowest BCUT2D eigenvalue weighted by Crippen LogP contribution is -2.47. The molecule has 1 aromatic rings. The van der Waals surface area contributed by atoms with Gasteiger partial charge in [-0.25, -0.2) is 5.43 Å². The molecule has 0 radical (unpaired) electrons. The van der Waals surface area contributed by atoms with E-state index < -0.39 is 5.91 Å². The topological polar surface area (TPSA) is 105 Å². The third-order valence-corrected chi connectivity index (χ3v) is 3.85. The maximum Gasteiger partial charge on any atom is 0.271 e. The average Bonchev–Trinajstić information content (AvgIpc) is 2.55. The van der Waals surface area contributed by atoms with Gasteiger partial charge in [-0.2, -0.15) is 5.10 Å². The molecule has 2 amide bonds. The number of carbonyl (C=O) groups is 2. The van der Waals surface area contributed by atoms with E-state index in [9.17, 15) is 19.8 Å². The van der Waals surface area contributed by atoms with Gasteiger partial charge in [-0.15, -0.1) is 0 Å². The maximum atomic E-state index is 12.2. The molecule has 1 heterocycles. The van der Waals surface area contributed by atoms with E-state index in [2.05, 4.69) is 15.4 Å². The van der Waals surface area contributed by atoms with E-state index in [1.807, 2.05) is 7.05 Å². The van der Waals surface area contributed by atoms with Crippen molar-refractivity contribution in [3.63, 3.8) is 0 Å². The summed E-state index contributed by atoms with van der Waals surface area (Å²) in [5.74, 6) is -1.23. The number of likely N-dealkylation sites (N-methyl/N-ethyl adjacent to an activating group) is 1. The van der Waals surface area contributed by atoms with E-state index in [0.717, 1.165) is 19.2 Å². The van der Waals surface area contributed by atoms with Crippen LogP contribution in [0.3, 0.4) is 0 Å². The van der Waals surface area contributed by atoms with Crippen LogP contribution in [-0.4, -0.2) is 70.8 Å². The van der Waals surface area contributed by atoms with Crippen LogP contribution in [0.25, 0.3) is 0 Å². The summed E-state index contributed by atoms with van der Waals surface area (Å²) in [6.45, 7) is 4.76. The highest BCUT2D eigenvalue weighted by atomic mass is 16.3. The second-order valence-corrected chi connectivity index (χ2v) is 5.85. The summed E-state index contributed by atoms with van der Waals surface area (Å²) >= 11 is 0. The Bertz CT molecular complexity index is 651. The van der Waals surface area contributed by atoms with E-state index in [1.165, 1.54) is 12.1 Å². The molecule has 0 unspecified atom stereocenters. The minimum Gasteiger partial charge on any atom is -0.504 e. The molecule has 1 aromatic carbocycles. The summed E-state index contributed by atoms with van der Waals surface area (Å²) in [6.07, 6.45) is 0.144. The SMILES string of the molecule is CC(CC(=O)N1CCN(C)CC1)=NNC(=O)c1ccc(O)c(O)c1. The number of amides is 2. The predicted octanol–water partition coefficient (Wildman–Crippen LogP) is 0.368. The first-order chi connectivity index (χ1) is 11.4. The van der Waals surface area contributed by atoms with E-state index in [1.54, 1.807) is 11.8 Å². The summed E-state index contributed by atoms with van der Waals surface area (Å²) in [6, 6.07) is 3.73. The number of aromatic hydroxyl groups is 2. The minimum atomic E-state index is -0.531. The van der Waals surface area contributed by atoms with Gasteiger partial charge in [-0.3, -0.25) is 9.59 Å². The molecule has 130 valence electrons. The van der Waals surface area contributed by atoms with Crippen LogP contribution in [-0.2, 0) is 4.79 Å². The van der Waals surface area contributed by atoms with Crippen LogP contribution in [0.15, 0.2) is 23.3 Å². The molecule has 0 bridgehead atoms. The van der Waals surface area contributed by atoms with Gasteiger partial charge in [-0.05, 0) is 32.2 Å². The summed E-state index contributed by atoms with van der Waals surface area (Å²) in [5.41, 5.74) is 2.99. The smallest absolute Gasteiger partial charge is 0.271 e. The number of nitrogens with one attached hydrogen (secondary N) is 1. The fraction of sp³-hybridized carbons (Fsp3) is 0.438. The van der Waals surface area contributed by atoms with Crippen LogP contribution in [0.1, 0.15) is 23.7 Å². The van der Waals surface area contributed by atoms with E-state index in [4.69, 9.17) is 0 Å². The van der Waals surface area contributed by atoms with Gasteiger partial charge >= 0.3 is 0 Å². The van der Waals surface area contributed by atoms with Crippen molar-refractivity contribution >= 4 is 17.5 Å². The van der Waals surface area contributed by atoms with Crippen molar-refractivity contribution in [3.8, 4) is 11.5 Å². The number of hydrogen-bond acceptors (Lipinski definition) is 6. The van der Waals surface area contributed by atoms with Gasteiger partial charge in [0.05, 0.1) is 6.42 Å². The van der Waals surface area contributed by atoms with E-state index in [0.29, 0.717) is 18.8 Å². The number of phenolic OH excluding ortho intramolecular Hbond substituents is 2. The number of nitrogens with zero attached hydrogens (tertiary/aromatic N) is 3. The highest BCUT2D eigenvalue weighted by molar-refractivity contribution is 6.01. The Kier molecular flexibility index (Phi) is 5.75. The highest BCUT2D eigenvalue weighted by Gasteiger charge is 2.19. The summed E-state index contributed by atoms with van der Waals surface area (Å²) < 4.78 is 0. The lowest BCUT2D eigenvalue weighted by atomic mass is 10.2. The number of carbonyl (C=O) groups excluding carboxylic acids is 2. The van der Waals surface area contributed by atoms with Gasteiger partial charge in [0.2, 0.25) is 5.91 Å². The van der Waals surface area contributed by atoms with Crippen molar-refractivity contribution in [2.45, 2.75) is 13.3 Å². The van der Waals surface area contributed by atoms with Crippen molar-refractivity contribution in [2.24, 2.45) is 5.10 Å². The molecule has 0 saturated carbocycles. The largest absolute Gasteiger partial charge is 0.504 e. The molecule has 0 atom stereocenters. The Labute approximate surface area is 140 Å². The van der Waals surface area contributed by atoms with Crippen LogP contribution >= 0.6 is 0 Å². The maximum absolute atomic E-state index is 12.2. The standard InChI is InChI=1S/C16H22N4O4/c1-11(9-15(23)20-7-5-19(2)6-8-20)17-18-16(24)12-3-4-13(21)14(22)10-12/h3-4,10,21-22H,5-9H2,1-2H3,(H,18,24). The monoisotopic (exact) mass is 334 g/mol. The first-order valence-corrected chi connectivity index (χ1v) is 7.68. The van der Waals surface area contributed by atoms with Crippen molar-refractivity contribution in [2.75, 3.05) is 33.2 Å². The highest BCUT2D eigenvalue weighted by Crippen LogP contribution is 2.24. The molecule has 2 rings (SSSR count). The van der Waals surface area contributed by atoms with Gasteiger partial charge in [0.1, 0.15) is 0 Å². The number of piperazine rings is 1. The van der Waals surface area contributed by atoms with Crippen LogP contribution in [0.5, 0.6) is 11.5 Å². The molecule has 1 fully saturated rings. The number of rotatable bonds is 4. The fourth-order valence-corrected chi connectivity index (χ4v) is 2.30. The second-order valence-electron chi connectivity index (χ2n) is 5.85. The predicted molar refractivity (Wildman–Crippen MR) is 89.0 cm³/mol. The molecule has 1 aliphatic heterocycles. The third kappa shape index (κ3) is 4.69. The molecule has 0 aromatic heterocycles. The molecule has 3 N–H and O–H groups in total. The summed E-state index contributed by atoms with van der Waals surface area (Å²) in [5, 5.41) is 22.5. The van der Waals surface area contributed by atoms with Crippen LogP contribution < -0.4 is 5.43 Å². The Hall–Kier alpha value is -2.61. The molecular formula is C16H22N4O4. The van der Waals surface area contributed by atoms with Crippen molar-refractivity contribution < 1.29 is 19.8 Å². The zero-order valence-electron chi connectivity index (χ0n) is 13.8. The van der Waals surface area contributed by atoms with Gasteiger partial charge in [-0.1, -0.05) is 0 Å². The molecule has 8 heteroatoms. The van der Waals surface area contributed by atoms with Crippen LogP contribution in [0, 0.1) is 0 Å². The van der Waals surface area contributed by atoms with Gasteiger partial charge in [0.25, 0.3) is 5.91 Å². The third-order valence-electron chi connectivity index (χ3n) is 3.85. The number of hydrogen-bond donors (Lipinski definition) is 3. The number of hydrazone groups is 1. The zero-order chi connectivity index (χ0) is 17.7. The van der Waals surface area contributed by atoms with E-state index >= 15 is 0 Å². The normalized spacial score (nSPS) is 16.1. The lowest BCUT2D eigenvalue weighted by Gasteiger charge is -2.32. The van der Waals surface area contributed by atoms with Gasteiger partial charge in [0, 0.05) is 37.5 Å². The lowest BCUT2D eigenvalue weighted by molar-refractivity contribution is -0.131. The Morgan fingerprint density at radius 1 is 1.17 bits per heavy atom. The first-order valence-electron chi connectivity index (χ1n) is 7.68. The Balaban J connectivity index is 1.87. The Morgan fingerprint density at radius 3 is 2.46 bits per heavy atom. The summed E-state index contributed by atoms with van der Waals surface area (Å²) in [4.78, 5) is 28.0. The Morgan fingerprint density at radius 2 is 1.83 bits per heavy atom. The number of phenols is 2. The number of benzene rings is 1. The molecular weight excluding hydrogens is 312 g/mol. The average molecular weight is 334 g/mol. The van der Waals surface area contributed by atoms with E-state index in [-0.39, 0.29) is 29.4 Å². The first kappa shape index (κ1) is 17.7.